The van der Waals surface area contributed by atoms with Gasteiger partial charge in [0.1, 0.15) is 6.04 Å². The molecule has 134 valence electrons. The molecule has 1 unspecified atom stereocenters. The second-order valence-electron chi connectivity index (χ2n) is 6.49. The molecule has 1 aromatic carbocycles. The minimum atomic E-state index is 0.0928. The first-order chi connectivity index (χ1) is 12.7. The standard InChI is InChI=1S/C20H19ClN2OS2/c21-15-5-3-14(4-6-15)12-22-19(24)13-23-9-7-17-16(8-11-26-17)20(23)18-2-1-10-25-18/h1-6,8,10-11,20H,7,9,12-13H2,(H,22,24)/p+1/t20-/m1/s1. The molecule has 0 bridgehead atoms. The fourth-order valence-electron chi connectivity index (χ4n) is 3.52. The molecular formula is C20H20ClN2OS2+. The van der Waals surface area contributed by atoms with Crippen LogP contribution in [0.25, 0.3) is 0 Å². The van der Waals surface area contributed by atoms with E-state index in [9.17, 15) is 4.79 Å². The second-order valence-corrected chi connectivity index (χ2v) is 8.90. The second kappa shape index (κ2) is 7.92. The molecule has 3 heterocycles. The zero-order chi connectivity index (χ0) is 17.9. The summed E-state index contributed by atoms with van der Waals surface area (Å²) >= 11 is 9.53. The minimum absolute atomic E-state index is 0.0928. The van der Waals surface area contributed by atoms with Gasteiger partial charge in [-0.1, -0.05) is 29.8 Å². The Labute approximate surface area is 166 Å². The van der Waals surface area contributed by atoms with Gasteiger partial charge in [-0.2, -0.15) is 0 Å². The van der Waals surface area contributed by atoms with Gasteiger partial charge in [0.2, 0.25) is 0 Å². The van der Waals surface area contributed by atoms with Crippen LogP contribution in [0.3, 0.4) is 0 Å². The number of carbonyl (C=O) groups is 1. The fraction of sp³-hybridized carbons (Fsp3) is 0.250. The molecule has 1 aliphatic rings. The average molecular weight is 404 g/mol. The Bertz CT molecular complexity index is 874. The Morgan fingerprint density at radius 2 is 2.00 bits per heavy atom. The lowest BCUT2D eigenvalue weighted by Crippen LogP contribution is -3.14. The minimum Gasteiger partial charge on any atom is -0.347 e. The topological polar surface area (TPSA) is 33.5 Å². The summed E-state index contributed by atoms with van der Waals surface area (Å²) < 4.78 is 0. The summed E-state index contributed by atoms with van der Waals surface area (Å²) in [6, 6.07) is 14.4. The number of benzene rings is 1. The molecule has 0 aliphatic carbocycles. The fourth-order valence-corrected chi connectivity index (χ4v) is 5.47. The molecule has 0 saturated heterocycles. The lowest BCUT2D eigenvalue weighted by molar-refractivity contribution is -0.919. The highest BCUT2D eigenvalue weighted by Crippen LogP contribution is 2.31. The Hall–Kier alpha value is -1.66. The number of hydrogen-bond acceptors (Lipinski definition) is 3. The molecule has 2 atom stereocenters. The lowest BCUT2D eigenvalue weighted by atomic mass is 9.98. The van der Waals surface area contributed by atoms with Gasteiger partial charge >= 0.3 is 0 Å². The molecule has 0 saturated carbocycles. The molecule has 0 fully saturated rings. The van der Waals surface area contributed by atoms with Crippen LogP contribution in [0.2, 0.25) is 5.02 Å². The normalized spacial score (nSPS) is 19.1. The summed E-state index contributed by atoms with van der Waals surface area (Å²) in [6.45, 7) is 2.02. The third-order valence-electron chi connectivity index (χ3n) is 4.79. The van der Waals surface area contributed by atoms with Gasteiger partial charge in [-0.25, -0.2) is 0 Å². The highest BCUT2D eigenvalue weighted by molar-refractivity contribution is 7.10. The predicted octanol–water partition coefficient (Wildman–Crippen LogP) is 3.31. The van der Waals surface area contributed by atoms with Crippen molar-refractivity contribution in [3.8, 4) is 0 Å². The number of thiophene rings is 2. The number of fused-ring (bicyclic) bond motifs is 1. The predicted molar refractivity (Wildman–Crippen MR) is 108 cm³/mol. The molecule has 1 aliphatic heterocycles. The molecule has 3 nitrogen and oxygen atoms in total. The van der Waals surface area contributed by atoms with Crippen LogP contribution in [0, 0.1) is 0 Å². The molecule has 3 aromatic rings. The number of quaternary nitrogens is 1. The number of carbonyl (C=O) groups excluding carboxylic acids is 1. The third-order valence-corrected chi connectivity index (χ3v) is 6.98. The number of amides is 1. The van der Waals surface area contributed by atoms with Gasteiger partial charge in [-0.05, 0) is 40.6 Å². The van der Waals surface area contributed by atoms with Crippen molar-refractivity contribution in [3.63, 3.8) is 0 Å². The average Bonchev–Trinajstić information content (AvgIpc) is 3.33. The van der Waals surface area contributed by atoms with E-state index in [2.05, 4.69) is 34.3 Å². The first-order valence-corrected chi connectivity index (χ1v) is 10.8. The van der Waals surface area contributed by atoms with Crippen molar-refractivity contribution >= 4 is 40.2 Å². The summed E-state index contributed by atoms with van der Waals surface area (Å²) in [4.78, 5) is 16.7. The van der Waals surface area contributed by atoms with Gasteiger partial charge < -0.3 is 10.2 Å². The van der Waals surface area contributed by atoms with Crippen molar-refractivity contribution in [1.82, 2.24) is 5.32 Å². The van der Waals surface area contributed by atoms with E-state index in [1.165, 1.54) is 20.2 Å². The molecule has 4 rings (SSSR count). The van der Waals surface area contributed by atoms with Gasteiger partial charge in [-0.3, -0.25) is 4.79 Å². The van der Waals surface area contributed by atoms with Gasteiger partial charge in [-0.15, -0.1) is 22.7 Å². The highest BCUT2D eigenvalue weighted by Gasteiger charge is 2.34. The van der Waals surface area contributed by atoms with Crippen LogP contribution in [0.4, 0.5) is 0 Å². The maximum absolute atomic E-state index is 12.6. The Kier molecular flexibility index (Phi) is 5.41. The zero-order valence-corrected chi connectivity index (χ0v) is 16.6. The third kappa shape index (κ3) is 3.86. The summed E-state index contributed by atoms with van der Waals surface area (Å²) in [5.41, 5.74) is 2.45. The van der Waals surface area contributed by atoms with Gasteiger partial charge in [0.25, 0.3) is 5.91 Å². The van der Waals surface area contributed by atoms with Crippen LogP contribution >= 0.6 is 34.3 Å². The molecule has 0 radical (unpaired) electrons. The molecular weight excluding hydrogens is 384 g/mol. The van der Waals surface area contributed by atoms with Crippen molar-refractivity contribution in [2.45, 2.75) is 19.0 Å². The van der Waals surface area contributed by atoms with Crippen molar-refractivity contribution in [2.24, 2.45) is 0 Å². The first kappa shape index (κ1) is 17.7. The molecule has 6 heteroatoms. The smallest absolute Gasteiger partial charge is 0.275 e. The largest absolute Gasteiger partial charge is 0.347 e. The van der Waals surface area contributed by atoms with E-state index < -0.39 is 0 Å². The van der Waals surface area contributed by atoms with Gasteiger partial charge in [0, 0.05) is 28.4 Å². The van der Waals surface area contributed by atoms with Crippen molar-refractivity contribution < 1.29 is 9.69 Å². The van der Waals surface area contributed by atoms with Crippen LogP contribution in [0.5, 0.6) is 0 Å². The number of nitrogens with one attached hydrogen (secondary N) is 2. The van der Waals surface area contributed by atoms with Crippen LogP contribution in [-0.4, -0.2) is 19.0 Å². The van der Waals surface area contributed by atoms with E-state index in [0.717, 1.165) is 18.5 Å². The zero-order valence-electron chi connectivity index (χ0n) is 14.2. The lowest BCUT2D eigenvalue weighted by Gasteiger charge is -2.31. The van der Waals surface area contributed by atoms with Crippen molar-refractivity contribution in [2.75, 3.05) is 13.1 Å². The maximum Gasteiger partial charge on any atom is 0.275 e. The van der Waals surface area contributed by atoms with E-state index >= 15 is 0 Å². The molecule has 2 N–H and O–H groups in total. The number of hydrogen-bond donors (Lipinski definition) is 2. The molecule has 26 heavy (non-hydrogen) atoms. The Balaban J connectivity index is 1.44. The van der Waals surface area contributed by atoms with E-state index in [4.69, 9.17) is 11.6 Å². The number of rotatable bonds is 5. The summed E-state index contributed by atoms with van der Waals surface area (Å²) in [5.74, 6) is 0.0928. The number of halogens is 1. The Morgan fingerprint density at radius 3 is 2.77 bits per heavy atom. The molecule has 2 aromatic heterocycles. The summed E-state index contributed by atoms with van der Waals surface area (Å²) in [7, 11) is 0. The maximum atomic E-state index is 12.6. The SMILES string of the molecule is O=C(C[NH+]1CCc2sccc2[C@@H]1c1cccs1)NCc1ccc(Cl)cc1. The molecule has 0 spiro atoms. The highest BCUT2D eigenvalue weighted by atomic mass is 35.5. The molecule has 1 amide bonds. The van der Waals surface area contributed by atoms with E-state index in [1.807, 2.05) is 35.6 Å². The summed E-state index contributed by atoms with van der Waals surface area (Å²) in [5, 5.41) is 8.06. The van der Waals surface area contributed by atoms with Gasteiger partial charge in [0.05, 0.1) is 11.4 Å². The first-order valence-electron chi connectivity index (χ1n) is 8.66. The Morgan fingerprint density at radius 1 is 1.15 bits per heavy atom. The summed E-state index contributed by atoms with van der Waals surface area (Å²) in [6.07, 6.45) is 1.05. The van der Waals surface area contributed by atoms with Crippen molar-refractivity contribution in [1.29, 1.82) is 0 Å². The van der Waals surface area contributed by atoms with E-state index in [-0.39, 0.29) is 11.9 Å². The van der Waals surface area contributed by atoms with Gasteiger partial charge in [0.15, 0.2) is 6.54 Å². The van der Waals surface area contributed by atoms with Crippen LogP contribution in [0.1, 0.15) is 26.9 Å². The van der Waals surface area contributed by atoms with E-state index in [1.54, 1.807) is 11.3 Å². The van der Waals surface area contributed by atoms with Crippen LogP contribution in [0.15, 0.2) is 53.2 Å². The van der Waals surface area contributed by atoms with Crippen LogP contribution < -0.4 is 10.2 Å². The van der Waals surface area contributed by atoms with Crippen LogP contribution in [-0.2, 0) is 17.8 Å². The van der Waals surface area contributed by atoms with Crippen molar-refractivity contribution in [3.05, 3.63) is 79.1 Å². The van der Waals surface area contributed by atoms with E-state index in [0.29, 0.717) is 18.1 Å². The monoisotopic (exact) mass is 403 g/mol. The quantitative estimate of drug-likeness (QED) is 0.673.